The predicted molar refractivity (Wildman–Crippen MR) is 107 cm³/mol. The Kier molecular flexibility index (Phi) is 3.38. The number of halogens is 1. The lowest BCUT2D eigenvalue weighted by Crippen LogP contribution is -2.14. The lowest BCUT2D eigenvalue weighted by atomic mass is 9.81. The molecule has 0 aliphatic heterocycles. The van der Waals surface area contributed by atoms with Gasteiger partial charge in [-0.1, -0.05) is 62.4 Å². The first-order valence-corrected chi connectivity index (χ1v) is 9.08. The third-order valence-electron chi connectivity index (χ3n) is 5.16. The summed E-state index contributed by atoms with van der Waals surface area (Å²) < 4.78 is 1.32. The van der Waals surface area contributed by atoms with Crippen molar-refractivity contribution in [1.29, 1.82) is 0 Å². The maximum Gasteiger partial charge on any atom is 0.0165 e. The van der Waals surface area contributed by atoms with Crippen LogP contribution in [0.1, 0.15) is 30.5 Å². The smallest absolute Gasteiger partial charge is 0.0165 e. The Hall–Kier alpha value is -1.61. The third-order valence-corrected chi connectivity index (χ3v) is 6.33. The van der Waals surface area contributed by atoms with Crippen LogP contribution in [-0.4, -0.2) is 0 Å². The van der Waals surface area contributed by atoms with Crippen molar-refractivity contribution in [1.82, 2.24) is 0 Å². The van der Waals surface area contributed by atoms with Crippen molar-refractivity contribution in [3.8, 4) is 22.3 Å². The van der Waals surface area contributed by atoms with Crippen LogP contribution in [0.3, 0.4) is 0 Å². The second-order valence-corrected chi connectivity index (χ2v) is 8.01. The summed E-state index contributed by atoms with van der Waals surface area (Å²) in [6.07, 6.45) is 0. The molecule has 0 aromatic heterocycles. The first kappa shape index (κ1) is 14.9. The SMILES string of the molecule is Cc1c(I)cccc1-c1ccc2c(c1)C(C)(C)c1ccccc1-2. The topological polar surface area (TPSA) is 0 Å². The molecule has 0 atom stereocenters. The summed E-state index contributed by atoms with van der Waals surface area (Å²) in [4.78, 5) is 0. The molecule has 4 rings (SSSR count). The third kappa shape index (κ3) is 2.17. The van der Waals surface area contributed by atoms with Crippen LogP contribution in [0, 0.1) is 10.5 Å². The molecule has 0 fully saturated rings. The van der Waals surface area contributed by atoms with Crippen molar-refractivity contribution in [2.45, 2.75) is 26.2 Å². The van der Waals surface area contributed by atoms with Gasteiger partial charge >= 0.3 is 0 Å². The van der Waals surface area contributed by atoms with E-state index in [1.54, 1.807) is 0 Å². The molecule has 0 N–H and O–H groups in total. The van der Waals surface area contributed by atoms with Crippen molar-refractivity contribution in [2.75, 3.05) is 0 Å². The molecule has 0 radical (unpaired) electrons. The molecule has 114 valence electrons. The highest BCUT2D eigenvalue weighted by Crippen LogP contribution is 2.49. The summed E-state index contributed by atoms with van der Waals surface area (Å²) in [6, 6.07) is 22.3. The fraction of sp³-hybridized carbons (Fsp3) is 0.182. The first-order valence-electron chi connectivity index (χ1n) is 8.00. The van der Waals surface area contributed by atoms with Gasteiger partial charge in [0, 0.05) is 8.99 Å². The maximum absolute atomic E-state index is 2.42. The molecule has 3 aromatic carbocycles. The van der Waals surface area contributed by atoms with Gasteiger partial charge in [-0.25, -0.2) is 0 Å². The second-order valence-electron chi connectivity index (χ2n) is 6.84. The van der Waals surface area contributed by atoms with E-state index in [4.69, 9.17) is 0 Å². The van der Waals surface area contributed by atoms with Gasteiger partial charge < -0.3 is 0 Å². The highest BCUT2D eigenvalue weighted by Gasteiger charge is 2.35. The van der Waals surface area contributed by atoms with Crippen LogP contribution >= 0.6 is 22.6 Å². The molecule has 0 bridgehead atoms. The zero-order valence-electron chi connectivity index (χ0n) is 13.7. The van der Waals surface area contributed by atoms with E-state index in [2.05, 4.69) is 104 Å². The normalized spacial score (nSPS) is 14.4. The van der Waals surface area contributed by atoms with Gasteiger partial charge in [-0.05, 0) is 80.6 Å². The van der Waals surface area contributed by atoms with Crippen LogP contribution in [-0.2, 0) is 5.41 Å². The summed E-state index contributed by atoms with van der Waals surface area (Å²) in [5.41, 5.74) is 9.74. The Balaban J connectivity index is 1.94. The molecular weight excluding hydrogens is 391 g/mol. The van der Waals surface area contributed by atoms with Gasteiger partial charge in [0.05, 0.1) is 0 Å². The summed E-state index contributed by atoms with van der Waals surface area (Å²) in [7, 11) is 0. The molecule has 0 amide bonds. The summed E-state index contributed by atoms with van der Waals surface area (Å²) >= 11 is 2.42. The van der Waals surface area contributed by atoms with Crippen LogP contribution < -0.4 is 0 Å². The van der Waals surface area contributed by atoms with E-state index in [9.17, 15) is 0 Å². The average molecular weight is 410 g/mol. The number of rotatable bonds is 1. The molecule has 0 heterocycles. The summed E-state index contributed by atoms with van der Waals surface area (Å²) in [5, 5.41) is 0. The van der Waals surface area contributed by atoms with Gasteiger partial charge in [0.2, 0.25) is 0 Å². The second kappa shape index (κ2) is 5.20. The van der Waals surface area contributed by atoms with E-state index in [0.717, 1.165) is 0 Å². The largest absolute Gasteiger partial charge is 0.0619 e. The van der Waals surface area contributed by atoms with Crippen molar-refractivity contribution in [3.63, 3.8) is 0 Å². The monoisotopic (exact) mass is 410 g/mol. The van der Waals surface area contributed by atoms with Crippen LogP contribution in [0.2, 0.25) is 0 Å². The molecule has 1 aliphatic rings. The lowest BCUT2D eigenvalue weighted by Gasteiger charge is -2.22. The molecule has 0 unspecified atom stereocenters. The predicted octanol–water partition coefficient (Wildman–Crippen LogP) is 6.57. The van der Waals surface area contributed by atoms with Gasteiger partial charge in [0.1, 0.15) is 0 Å². The van der Waals surface area contributed by atoms with E-state index in [1.165, 1.54) is 42.5 Å². The molecule has 1 aliphatic carbocycles. The Bertz CT molecular complexity index is 919. The average Bonchev–Trinajstić information content (AvgIpc) is 2.78. The minimum absolute atomic E-state index is 0.0672. The minimum Gasteiger partial charge on any atom is -0.0619 e. The highest BCUT2D eigenvalue weighted by atomic mass is 127. The molecule has 23 heavy (non-hydrogen) atoms. The molecule has 0 spiro atoms. The molecule has 0 nitrogen and oxygen atoms in total. The quantitative estimate of drug-likeness (QED) is 0.398. The van der Waals surface area contributed by atoms with Crippen LogP contribution in [0.5, 0.6) is 0 Å². The zero-order valence-corrected chi connectivity index (χ0v) is 15.8. The van der Waals surface area contributed by atoms with Gasteiger partial charge in [0.15, 0.2) is 0 Å². The maximum atomic E-state index is 2.42. The Labute approximate surface area is 151 Å². The standard InChI is InChI=1S/C22H19I/c1-14-16(8-6-10-21(14)23)15-11-12-18-17-7-4-5-9-19(17)22(2,3)20(18)13-15/h4-13H,1-3H3. The van der Waals surface area contributed by atoms with E-state index in [-0.39, 0.29) is 5.41 Å². The van der Waals surface area contributed by atoms with Crippen molar-refractivity contribution in [3.05, 3.63) is 80.9 Å². The van der Waals surface area contributed by atoms with Crippen LogP contribution in [0.15, 0.2) is 60.7 Å². The Morgan fingerprint density at radius 3 is 2.26 bits per heavy atom. The van der Waals surface area contributed by atoms with E-state index in [1.807, 2.05) is 0 Å². The molecule has 1 heteroatoms. The fourth-order valence-electron chi connectivity index (χ4n) is 3.79. The van der Waals surface area contributed by atoms with E-state index >= 15 is 0 Å². The first-order chi connectivity index (χ1) is 11.0. The number of hydrogen-bond donors (Lipinski definition) is 0. The summed E-state index contributed by atoms with van der Waals surface area (Å²) in [6.45, 7) is 6.89. The highest BCUT2D eigenvalue weighted by molar-refractivity contribution is 14.1. The Morgan fingerprint density at radius 2 is 1.43 bits per heavy atom. The van der Waals surface area contributed by atoms with Gasteiger partial charge in [-0.15, -0.1) is 0 Å². The van der Waals surface area contributed by atoms with Crippen molar-refractivity contribution in [2.24, 2.45) is 0 Å². The molecule has 0 saturated carbocycles. The summed E-state index contributed by atoms with van der Waals surface area (Å²) in [5.74, 6) is 0. The van der Waals surface area contributed by atoms with Crippen molar-refractivity contribution < 1.29 is 0 Å². The van der Waals surface area contributed by atoms with Gasteiger partial charge in [0.25, 0.3) is 0 Å². The lowest BCUT2D eigenvalue weighted by molar-refractivity contribution is 0.660. The zero-order chi connectivity index (χ0) is 16.2. The van der Waals surface area contributed by atoms with E-state index in [0.29, 0.717) is 0 Å². The van der Waals surface area contributed by atoms with E-state index < -0.39 is 0 Å². The number of fused-ring (bicyclic) bond motifs is 3. The number of hydrogen-bond acceptors (Lipinski definition) is 0. The Morgan fingerprint density at radius 1 is 0.739 bits per heavy atom. The fourth-order valence-corrected chi connectivity index (χ4v) is 4.29. The number of benzene rings is 3. The molecular formula is C22H19I. The molecule has 3 aromatic rings. The van der Waals surface area contributed by atoms with Gasteiger partial charge in [-0.3, -0.25) is 0 Å². The van der Waals surface area contributed by atoms with Gasteiger partial charge in [-0.2, -0.15) is 0 Å². The minimum atomic E-state index is 0.0672. The van der Waals surface area contributed by atoms with Crippen molar-refractivity contribution >= 4 is 22.6 Å². The van der Waals surface area contributed by atoms with Crippen LogP contribution in [0.25, 0.3) is 22.3 Å². The van der Waals surface area contributed by atoms with Crippen LogP contribution in [0.4, 0.5) is 0 Å². The molecule has 0 saturated heterocycles.